The minimum absolute atomic E-state index is 0.0944. The van der Waals surface area contributed by atoms with Gasteiger partial charge >= 0.3 is 0 Å². The predicted octanol–water partition coefficient (Wildman–Crippen LogP) is 2.37. The number of nitrogens with one attached hydrogen (secondary N) is 2. The maximum atomic E-state index is 11.4. The third kappa shape index (κ3) is 4.48. The van der Waals surface area contributed by atoms with E-state index in [9.17, 15) is 8.42 Å². The maximum Gasteiger partial charge on any atom is 0.238 e. The molecule has 3 aromatic rings. The van der Waals surface area contributed by atoms with Crippen LogP contribution in [0, 0.1) is 0 Å². The van der Waals surface area contributed by atoms with Gasteiger partial charge in [-0.05, 0) is 30.5 Å². The minimum Gasteiger partial charge on any atom is -0.365 e. The molecular weight excluding hydrogens is 390 g/mol. The number of nitrogens with two attached hydrogens (primary N) is 1. The third-order valence-electron chi connectivity index (χ3n) is 5.24. The molecule has 0 amide bonds. The van der Waals surface area contributed by atoms with E-state index in [4.69, 9.17) is 5.14 Å². The maximum absolute atomic E-state index is 11.4. The van der Waals surface area contributed by atoms with Crippen molar-refractivity contribution in [1.82, 2.24) is 19.7 Å². The summed E-state index contributed by atoms with van der Waals surface area (Å²) in [5.41, 5.74) is 1.67. The first kappa shape index (κ1) is 19.6. The topological polar surface area (TPSA) is 128 Å². The highest BCUT2D eigenvalue weighted by molar-refractivity contribution is 7.89. The van der Waals surface area contributed by atoms with E-state index in [0.717, 1.165) is 29.4 Å². The lowest BCUT2D eigenvalue weighted by atomic mass is 9.96. The molecule has 1 aromatic carbocycles. The van der Waals surface area contributed by atoms with Crippen molar-refractivity contribution in [1.29, 1.82) is 0 Å². The van der Waals surface area contributed by atoms with Gasteiger partial charge < -0.3 is 10.6 Å². The summed E-state index contributed by atoms with van der Waals surface area (Å²) < 4.78 is 24.5. The summed E-state index contributed by atoms with van der Waals surface area (Å²) in [6.07, 6.45) is 7.75. The molecule has 1 aliphatic carbocycles. The SMILES string of the molecule is Cn1ncc2c(NCc3ccc(S(N)(=O)=O)cc3)nc(NC3CCCCC3)nc21. The van der Waals surface area contributed by atoms with Gasteiger partial charge in [-0.1, -0.05) is 31.4 Å². The number of rotatable bonds is 6. The molecule has 0 aliphatic heterocycles. The summed E-state index contributed by atoms with van der Waals surface area (Å²) in [5.74, 6) is 1.29. The zero-order valence-electron chi connectivity index (χ0n) is 16.3. The van der Waals surface area contributed by atoms with Crippen LogP contribution in [0.15, 0.2) is 35.4 Å². The Balaban J connectivity index is 1.55. The molecule has 0 bridgehead atoms. The largest absolute Gasteiger partial charge is 0.365 e. The Labute approximate surface area is 169 Å². The molecule has 4 rings (SSSR count). The first-order chi connectivity index (χ1) is 13.9. The quantitative estimate of drug-likeness (QED) is 0.564. The fraction of sp³-hybridized carbons (Fsp3) is 0.421. The number of nitrogens with zero attached hydrogens (tertiary/aromatic N) is 4. The highest BCUT2D eigenvalue weighted by Gasteiger charge is 2.17. The average Bonchev–Trinajstić information content (AvgIpc) is 3.08. The number of aromatic nitrogens is 4. The van der Waals surface area contributed by atoms with Crippen LogP contribution in [0.2, 0.25) is 0 Å². The molecule has 1 aliphatic rings. The van der Waals surface area contributed by atoms with E-state index in [2.05, 4.69) is 25.7 Å². The normalized spacial score (nSPS) is 15.5. The Kier molecular flexibility index (Phi) is 5.37. The number of hydrogen-bond acceptors (Lipinski definition) is 7. The lowest BCUT2D eigenvalue weighted by Crippen LogP contribution is -2.23. The van der Waals surface area contributed by atoms with E-state index in [0.29, 0.717) is 24.4 Å². The van der Waals surface area contributed by atoms with Crippen molar-refractivity contribution in [2.24, 2.45) is 12.2 Å². The number of fused-ring (bicyclic) bond motifs is 1. The number of sulfonamides is 1. The summed E-state index contributed by atoms with van der Waals surface area (Å²) in [6.45, 7) is 0.481. The van der Waals surface area contributed by atoms with Crippen LogP contribution in [0.5, 0.6) is 0 Å². The summed E-state index contributed by atoms with van der Waals surface area (Å²) >= 11 is 0. The standard InChI is InChI=1S/C19H25N7O2S/c1-26-18-16(12-22-26)17(24-19(25-18)23-14-5-3-2-4-6-14)21-11-13-7-9-15(10-8-13)29(20,27)28/h7-10,12,14H,2-6,11H2,1H3,(H2,20,27,28)(H2,21,23,24,25). The number of anilines is 2. The zero-order chi connectivity index (χ0) is 20.4. The van der Waals surface area contributed by atoms with Gasteiger partial charge in [-0.15, -0.1) is 0 Å². The van der Waals surface area contributed by atoms with E-state index in [1.54, 1.807) is 23.0 Å². The third-order valence-corrected chi connectivity index (χ3v) is 6.17. The van der Waals surface area contributed by atoms with Crippen molar-refractivity contribution in [3.05, 3.63) is 36.0 Å². The monoisotopic (exact) mass is 415 g/mol. The van der Waals surface area contributed by atoms with Crippen LogP contribution in [-0.2, 0) is 23.6 Å². The second kappa shape index (κ2) is 7.96. The molecule has 0 spiro atoms. The van der Waals surface area contributed by atoms with Gasteiger partial charge in [0.15, 0.2) is 5.65 Å². The number of aryl methyl sites for hydroxylation is 1. The highest BCUT2D eigenvalue weighted by Crippen LogP contribution is 2.25. The van der Waals surface area contributed by atoms with E-state index in [-0.39, 0.29) is 4.90 Å². The average molecular weight is 416 g/mol. The van der Waals surface area contributed by atoms with Crippen molar-refractivity contribution < 1.29 is 8.42 Å². The van der Waals surface area contributed by atoms with E-state index >= 15 is 0 Å². The number of primary sulfonamides is 1. The molecule has 29 heavy (non-hydrogen) atoms. The van der Waals surface area contributed by atoms with Crippen molar-refractivity contribution in [3.8, 4) is 0 Å². The van der Waals surface area contributed by atoms with Gasteiger partial charge in [-0.25, -0.2) is 13.6 Å². The molecule has 0 saturated heterocycles. The van der Waals surface area contributed by atoms with Crippen molar-refractivity contribution >= 4 is 32.8 Å². The fourth-order valence-electron chi connectivity index (χ4n) is 3.63. The van der Waals surface area contributed by atoms with Crippen LogP contribution in [0.4, 0.5) is 11.8 Å². The lowest BCUT2D eigenvalue weighted by molar-refractivity contribution is 0.461. The molecule has 1 fully saturated rings. The smallest absolute Gasteiger partial charge is 0.238 e. The van der Waals surface area contributed by atoms with Crippen molar-refractivity contribution in [2.45, 2.75) is 49.6 Å². The van der Waals surface area contributed by atoms with Gasteiger partial charge in [-0.2, -0.15) is 15.1 Å². The van der Waals surface area contributed by atoms with Crippen LogP contribution in [0.1, 0.15) is 37.7 Å². The number of benzene rings is 1. The van der Waals surface area contributed by atoms with Gasteiger partial charge in [0.25, 0.3) is 0 Å². The first-order valence-corrected chi connectivity index (χ1v) is 11.3. The van der Waals surface area contributed by atoms with Crippen LogP contribution in [0.25, 0.3) is 11.0 Å². The molecular formula is C19H25N7O2S. The molecule has 2 aromatic heterocycles. The Bertz CT molecular complexity index is 1100. The Hall–Kier alpha value is -2.72. The molecule has 1 saturated carbocycles. The van der Waals surface area contributed by atoms with Crippen molar-refractivity contribution in [2.75, 3.05) is 10.6 Å². The van der Waals surface area contributed by atoms with Gasteiger partial charge in [-0.3, -0.25) is 4.68 Å². The lowest BCUT2D eigenvalue weighted by Gasteiger charge is -2.23. The molecule has 154 valence electrons. The fourth-order valence-corrected chi connectivity index (χ4v) is 4.15. The van der Waals surface area contributed by atoms with E-state index in [1.165, 1.54) is 31.4 Å². The van der Waals surface area contributed by atoms with Crippen LogP contribution in [-0.4, -0.2) is 34.2 Å². The Morgan fingerprint density at radius 1 is 1.14 bits per heavy atom. The molecule has 0 atom stereocenters. The van der Waals surface area contributed by atoms with Crippen molar-refractivity contribution in [3.63, 3.8) is 0 Å². The molecule has 0 radical (unpaired) electrons. The predicted molar refractivity (Wildman–Crippen MR) is 112 cm³/mol. The molecule has 2 heterocycles. The second-order valence-corrected chi connectivity index (χ2v) is 8.98. The molecule has 4 N–H and O–H groups in total. The van der Waals surface area contributed by atoms with Gasteiger partial charge in [0.2, 0.25) is 16.0 Å². The Morgan fingerprint density at radius 3 is 2.55 bits per heavy atom. The molecule has 10 heteroatoms. The number of hydrogen-bond donors (Lipinski definition) is 3. The van der Waals surface area contributed by atoms with Crippen LogP contribution in [0.3, 0.4) is 0 Å². The summed E-state index contributed by atoms with van der Waals surface area (Å²) in [6, 6.07) is 6.86. The Morgan fingerprint density at radius 2 is 1.86 bits per heavy atom. The summed E-state index contributed by atoms with van der Waals surface area (Å²) in [4.78, 5) is 9.41. The minimum atomic E-state index is -3.69. The summed E-state index contributed by atoms with van der Waals surface area (Å²) in [5, 5.41) is 17.1. The van der Waals surface area contributed by atoms with Crippen LogP contribution < -0.4 is 15.8 Å². The van der Waals surface area contributed by atoms with Gasteiger partial charge in [0, 0.05) is 19.6 Å². The van der Waals surface area contributed by atoms with Crippen LogP contribution >= 0.6 is 0 Å². The second-order valence-electron chi connectivity index (χ2n) is 7.42. The summed E-state index contributed by atoms with van der Waals surface area (Å²) in [7, 11) is -1.84. The zero-order valence-corrected chi connectivity index (χ0v) is 17.1. The van der Waals surface area contributed by atoms with Gasteiger partial charge in [0.1, 0.15) is 5.82 Å². The van der Waals surface area contributed by atoms with E-state index < -0.39 is 10.0 Å². The highest BCUT2D eigenvalue weighted by atomic mass is 32.2. The molecule has 0 unspecified atom stereocenters. The molecule has 9 nitrogen and oxygen atoms in total. The first-order valence-electron chi connectivity index (χ1n) is 9.72. The van der Waals surface area contributed by atoms with Gasteiger partial charge in [0.05, 0.1) is 16.5 Å². The van der Waals surface area contributed by atoms with E-state index in [1.807, 2.05) is 7.05 Å².